The van der Waals surface area contributed by atoms with Crippen LogP contribution in [0, 0.1) is 5.92 Å². The lowest BCUT2D eigenvalue weighted by molar-refractivity contribution is -0.126. The van der Waals surface area contributed by atoms with E-state index >= 15 is 0 Å². The van der Waals surface area contributed by atoms with E-state index in [0.717, 1.165) is 25.7 Å². The SMILES string of the molecule is C[C@H]1CO[C@@H]1C1(S(=O)(=O)c2ccccc2)CCCC1. The summed E-state index contributed by atoms with van der Waals surface area (Å²) in [7, 11) is -3.32. The molecule has 1 aliphatic carbocycles. The van der Waals surface area contributed by atoms with Crippen molar-refractivity contribution in [2.45, 2.75) is 48.4 Å². The highest BCUT2D eigenvalue weighted by Gasteiger charge is 2.57. The third-order valence-electron chi connectivity index (χ3n) is 4.61. The van der Waals surface area contributed by atoms with Gasteiger partial charge in [-0.25, -0.2) is 8.42 Å². The molecule has 0 spiro atoms. The lowest BCUT2D eigenvalue weighted by Gasteiger charge is -2.46. The van der Waals surface area contributed by atoms with E-state index in [2.05, 4.69) is 6.92 Å². The van der Waals surface area contributed by atoms with Gasteiger partial charge in [-0.05, 0) is 25.0 Å². The smallest absolute Gasteiger partial charge is 0.186 e. The fourth-order valence-corrected chi connectivity index (χ4v) is 5.99. The maximum Gasteiger partial charge on any atom is 0.186 e. The van der Waals surface area contributed by atoms with Crippen LogP contribution in [0.3, 0.4) is 0 Å². The van der Waals surface area contributed by atoms with Crippen molar-refractivity contribution in [3.8, 4) is 0 Å². The normalized spacial score (nSPS) is 29.9. The molecule has 1 aromatic rings. The minimum atomic E-state index is -3.32. The van der Waals surface area contributed by atoms with Gasteiger partial charge < -0.3 is 4.74 Å². The molecule has 0 N–H and O–H groups in total. The quantitative estimate of drug-likeness (QED) is 0.855. The van der Waals surface area contributed by atoms with Gasteiger partial charge in [0.2, 0.25) is 0 Å². The van der Waals surface area contributed by atoms with E-state index in [9.17, 15) is 8.42 Å². The first-order valence-corrected chi connectivity index (χ1v) is 8.47. The van der Waals surface area contributed by atoms with Crippen molar-refractivity contribution in [2.24, 2.45) is 5.92 Å². The molecule has 0 unspecified atom stereocenters. The van der Waals surface area contributed by atoms with E-state index in [1.54, 1.807) is 24.3 Å². The topological polar surface area (TPSA) is 43.4 Å². The van der Waals surface area contributed by atoms with Gasteiger partial charge in [0.1, 0.15) is 4.75 Å². The second-order valence-corrected chi connectivity index (χ2v) is 8.11. The van der Waals surface area contributed by atoms with Crippen LogP contribution in [-0.2, 0) is 14.6 Å². The molecular formula is C15H20O3S. The Hall–Kier alpha value is -0.870. The van der Waals surface area contributed by atoms with E-state index in [0.29, 0.717) is 17.4 Å². The standard InChI is InChI=1S/C15H20O3S/c1-12-11-18-14(12)15(9-5-6-10-15)19(16,17)13-7-3-2-4-8-13/h2-4,7-8,12,14H,5-6,9-11H2,1H3/t12-,14-/m0/s1. The molecule has 3 rings (SSSR count). The van der Waals surface area contributed by atoms with E-state index in [1.165, 1.54) is 0 Å². The molecule has 4 heteroatoms. The molecule has 2 aliphatic rings. The number of hydrogen-bond acceptors (Lipinski definition) is 3. The number of sulfone groups is 1. The summed E-state index contributed by atoms with van der Waals surface area (Å²) >= 11 is 0. The van der Waals surface area contributed by atoms with Crippen molar-refractivity contribution in [3.05, 3.63) is 30.3 Å². The van der Waals surface area contributed by atoms with Crippen LogP contribution in [0.2, 0.25) is 0 Å². The van der Waals surface area contributed by atoms with Crippen molar-refractivity contribution in [2.75, 3.05) is 6.61 Å². The van der Waals surface area contributed by atoms with E-state index in [1.807, 2.05) is 6.07 Å². The van der Waals surface area contributed by atoms with Gasteiger partial charge in [-0.3, -0.25) is 0 Å². The summed E-state index contributed by atoms with van der Waals surface area (Å²) in [4.78, 5) is 0.444. The fraction of sp³-hybridized carbons (Fsp3) is 0.600. The molecule has 2 fully saturated rings. The first-order chi connectivity index (χ1) is 9.08. The predicted molar refractivity (Wildman–Crippen MR) is 73.7 cm³/mol. The molecule has 1 heterocycles. The lowest BCUT2D eigenvalue weighted by Crippen LogP contribution is -2.57. The molecule has 1 saturated carbocycles. The van der Waals surface area contributed by atoms with E-state index < -0.39 is 14.6 Å². The Bertz CT molecular complexity index is 544. The van der Waals surface area contributed by atoms with E-state index in [-0.39, 0.29) is 6.10 Å². The molecule has 3 nitrogen and oxygen atoms in total. The zero-order valence-corrected chi connectivity index (χ0v) is 12.0. The van der Waals surface area contributed by atoms with Crippen LogP contribution < -0.4 is 0 Å². The Kier molecular flexibility index (Phi) is 3.18. The van der Waals surface area contributed by atoms with Gasteiger partial charge in [0, 0.05) is 5.92 Å². The van der Waals surface area contributed by atoms with Gasteiger partial charge in [0.05, 0.1) is 17.6 Å². The van der Waals surface area contributed by atoms with Gasteiger partial charge in [-0.15, -0.1) is 0 Å². The third kappa shape index (κ3) is 1.84. The predicted octanol–water partition coefficient (Wildman–Crippen LogP) is 2.81. The zero-order valence-electron chi connectivity index (χ0n) is 11.2. The second kappa shape index (κ2) is 4.60. The minimum absolute atomic E-state index is 0.125. The third-order valence-corrected chi connectivity index (χ3v) is 7.22. The Morgan fingerprint density at radius 3 is 2.26 bits per heavy atom. The average molecular weight is 280 g/mol. The summed E-state index contributed by atoms with van der Waals surface area (Å²) in [6.07, 6.45) is 3.32. The average Bonchev–Trinajstić information content (AvgIpc) is 2.89. The fourth-order valence-electron chi connectivity index (χ4n) is 3.57. The number of benzene rings is 1. The highest BCUT2D eigenvalue weighted by molar-refractivity contribution is 7.93. The minimum Gasteiger partial charge on any atom is -0.376 e. The van der Waals surface area contributed by atoms with Gasteiger partial charge in [-0.2, -0.15) is 0 Å². The largest absolute Gasteiger partial charge is 0.376 e. The summed E-state index contributed by atoms with van der Waals surface area (Å²) in [5.74, 6) is 0.344. The highest BCUT2D eigenvalue weighted by atomic mass is 32.2. The highest BCUT2D eigenvalue weighted by Crippen LogP contribution is 2.48. The zero-order chi connectivity index (χ0) is 13.5. The van der Waals surface area contributed by atoms with Crippen LogP contribution in [0.15, 0.2) is 35.2 Å². The molecule has 0 radical (unpaired) electrons. The van der Waals surface area contributed by atoms with Crippen molar-refractivity contribution in [1.29, 1.82) is 0 Å². The van der Waals surface area contributed by atoms with Gasteiger partial charge in [-0.1, -0.05) is 38.0 Å². The van der Waals surface area contributed by atoms with Crippen LogP contribution in [0.1, 0.15) is 32.6 Å². The maximum atomic E-state index is 13.1. The molecule has 0 aromatic heterocycles. The van der Waals surface area contributed by atoms with Crippen LogP contribution in [0.4, 0.5) is 0 Å². The molecule has 1 saturated heterocycles. The maximum absolute atomic E-state index is 13.1. The van der Waals surface area contributed by atoms with E-state index in [4.69, 9.17) is 4.74 Å². The summed E-state index contributed by atoms with van der Waals surface area (Å²) in [5.41, 5.74) is 0. The van der Waals surface area contributed by atoms with Crippen LogP contribution in [0.5, 0.6) is 0 Å². The Balaban J connectivity index is 2.05. The van der Waals surface area contributed by atoms with Gasteiger partial charge in [0.15, 0.2) is 9.84 Å². The molecule has 104 valence electrons. The summed E-state index contributed by atoms with van der Waals surface area (Å²) in [6, 6.07) is 8.85. The molecule has 0 bridgehead atoms. The van der Waals surface area contributed by atoms with Gasteiger partial charge >= 0.3 is 0 Å². The molecule has 1 aromatic carbocycles. The second-order valence-electron chi connectivity index (χ2n) is 5.82. The summed E-state index contributed by atoms with van der Waals surface area (Å²) in [6.45, 7) is 2.78. The lowest BCUT2D eigenvalue weighted by atomic mass is 9.86. The Labute approximate surface area is 114 Å². The van der Waals surface area contributed by atoms with Crippen molar-refractivity contribution in [3.63, 3.8) is 0 Å². The summed E-state index contributed by atoms with van der Waals surface area (Å²) in [5, 5.41) is 0. The van der Waals surface area contributed by atoms with Crippen LogP contribution in [-0.4, -0.2) is 25.9 Å². The molecule has 19 heavy (non-hydrogen) atoms. The Morgan fingerprint density at radius 2 is 1.79 bits per heavy atom. The first-order valence-electron chi connectivity index (χ1n) is 6.99. The molecule has 1 aliphatic heterocycles. The van der Waals surface area contributed by atoms with Crippen LogP contribution >= 0.6 is 0 Å². The van der Waals surface area contributed by atoms with Crippen molar-refractivity contribution < 1.29 is 13.2 Å². The van der Waals surface area contributed by atoms with Crippen molar-refractivity contribution in [1.82, 2.24) is 0 Å². The van der Waals surface area contributed by atoms with Crippen LogP contribution in [0.25, 0.3) is 0 Å². The molecular weight excluding hydrogens is 260 g/mol. The molecule has 0 amide bonds. The number of hydrogen-bond donors (Lipinski definition) is 0. The van der Waals surface area contributed by atoms with Crippen molar-refractivity contribution >= 4 is 9.84 Å². The molecule has 2 atom stereocenters. The Morgan fingerprint density at radius 1 is 1.16 bits per heavy atom. The monoisotopic (exact) mass is 280 g/mol. The summed E-state index contributed by atoms with van der Waals surface area (Å²) < 4.78 is 31.1. The van der Waals surface area contributed by atoms with Gasteiger partial charge in [0.25, 0.3) is 0 Å². The number of rotatable bonds is 3. The number of ether oxygens (including phenoxy) is 1. The first kappa shape index (κ1) is 13.1.